The van der Waals surface area contributed by atoms with Crippen LogP contribution in [0.1, 0.15) is 28.5 Å². The number of amides is 1. The van der Waals surface area contributed by atoms with Crippen molar-refractivity contribution < 1.29 is 4.79 Å². The lowest BCUT2D eigenvalue weighted by atomic mass is 10.1. The Morgan fingerprint density at radius 1 is 1.32 bits per heavy atom. The number of carbonyl (C=O) groups excluding carboxylic acids is 1. The van der Waals surface area contributed by atoms with Gasteiger partial charge in [-0.2, -0.15) is 0 Å². The minimum atomic E-state index is -0.0838. The topological polar surface area (TPSA) is 34.0 Å². The third kappa shape index (κ3) is 3.07. The molecule has 2 rings (SSSR count). The molecular weight excluding hydrogens is 304 g/mol. The summed E-state index contributed by atoms with van der Waals surface area (Å²) in [5, 5.41) is 2.96. The van der Waals surface area contributed by atoms with Gasteiger partial charge in [0.05, 0.1) is 0 Å². The molecule has 0 spiro atoms. The second kappa shape index (κ2) is 5.61. The molecular formula is C15H17BrN2O. The van der Waals surface area contributed by atoms with Crippen LogP contribution in [0, 0.1) is 13.8 Å². The van der Waals surface area contributed by atoms with Gasteiger partial charge in [0.2, 0.25) is 0 Å². The third-order valence-corrected chi connectivity index (χ3v) is 3.50. The number of halogens is 1. The molecule has 0 saturated heterocycles. The van der Waals surface area contributed by atoms with Crippen molar-refractivity contribution in [3.05, 3.63) is 51.8 Å². The van der Waals surface area contributed by atoms with E-state index in [1.807, 2.05) is 49.7 Å². The van der Waals surface area contributed by atoms with Crippen molar-refractivity contribution in [2.24, 2.45) is 0 Å². The maximum atomic E-state index is 12.3. The van der Waals surface area contributed by atoms with Crippen LogP contribution in [-0.2, 0) is 6.54 Å². The zero-order valence-electron chi connectivity index (χ0n) is 11.3. The number of nitrogens with zero attached hydrogens (tertiary/aromatic N) is 1. The van der Waals surface area contributed by atoms with Gasteiger partial charge < -0.3 is 9.88 Å². The van der Waals surface area contributed by atoms with Crippen LogP contribution in [-0.4, -0.2) is 10.5 Å². The van der Waals surface area contributed by atoms with Crippen molar-refractivity contribution in [3.8, 4) is 0 Å². The van der Waals surface area contributed by atoms with E-state index in [0.717, 1.165) is 22.3 Å². The third-order valence-electron chi connectivity index (χ3n) is 3.07. The van der Waals surface area contributed by atoms with Gasteiger partial charge in [0, 0.05) is 22.9 Å². The maximum Gasteiger partial charge on any atom is 0.272 e. The van der Waals surface area contributed by atoms with E-state index in [1.165, 1.54) is 5.56 Å². The lowest BCUT2D eigenvalue weighted by Crippen LogP contribution is -2.17. The number of nitrogens with one attached hydrogen (secondary N) is 1. The van der Waals surface area contributed by atoms with Crippen molar-refractivity contribution in [1.29, 1.82) is 0 Å². The second-order valence-electron chi connectivity index (χ2n) is 4.60. The fourth-order valence-electron chi connectivity index (χ4n) is 2.07. The molecule has 1 amide bonds. The summed E-state index contributed by atoms with van der Waals surface area (Å²) in [5.41, 5.74) is 3.78. The highest BCUT2D eigenvalue weighted by atomic mass is 79.9. The maximum absolute atomic E-state index is 12.3. The normalized spacial score (nSPS) is 10.5. The fraction of sp³-hybridized carbons (Fsp3) is 0.267. The van der Waals surface area contributed by atoms with Crippen molar-refractivity contribution in [2.75, 3.05) is 5.32 Å². The van der Waals surface area contributed by atoms with Gasteiger partial charge in [0.15, 0.2) is 0 Å². The van der Waals surface area contributed by atoms with E-state index in [0.29, 0.717) is 5.69 Å². The lowest BCUT2D eigenvalue weighted by Gasteiger charge is -2.10. The number of hydrogen-bond acceptors (Lipinski definition) is 1. The highest BCUT2D eigenvalue weighted by Crippen LogP contribution is 2.19. The predicted molar refractivity (Wildman–Crippen MR) is 81.7 cm³/mol. The molecule has 19 heavy (non-hydrogen) atoms. The highest BCUT2D eigenvalue weighted by Gasteiger charge is 2.13. The average Bonchev–Trinajstić information content (AvgIpc) is 2.74. The van der Waals surface area contributed by atoms with Crippen molar-refractivity contribution in [2.45, 2.75) is 27.3 Å². The summed E-state index contributed by atoms with van der Waals surface area (Å²) >= 11 is 3.40. The molecule has 0 atom stereocenters. The van der Waals surface area contributed by atoms with Gasteiger partial charge in [-0.1, -0.05) is 17.7 Å². The van der Waals surface area contributed by atoms with Gasteiger partial charge >= 0.3 is 0 Å². The van der Waals surface area contributed by atoms with Crippen LogP contribution in [0.3, 0.4) is 0 Å². The Labute approximate surface area is 121 Å². The van der Waals surface area contributed by atoms with Crippen LogP contribution in [0.5, 0.6) is 0 Å². The van der Waals surface area contributed by atoms with E-state index < -0.39 is 0 Å². The first-order valence-corrected chi connectivity index (χ1v) is 7.05. The number of benzene rings is 1. The van der Waals surface area contributed by atoms with Crippen molar-refractivity contribution >= 4 is 27.5 Å². The Balaban J connectivity index is 2.25. The van der Waals surface area contributed by atoms with E-state index in [-0.39, 0.29) is 5.91 Å². The number of anilines is 1. The molecule has 0 aliphatic rings. The molecule has 3 nitrogen and oxygen atoms in total. The standard InChI is InChI=1S/C15H17BrN2O/c1-4-18-9-12(16)8-14(18)15(19)17-13-6-5-10(2)7-11(13)3/h5-9H,4H2,1-3H3,(H,17,19). The van der Waals surface area contributed by atoms with Crippen molar-refractivity contribution in [1.82, 2.24) is 4.57 Å². The highest BCUT2D eigenvalue weighted by molar-refractivity contribution is 9.10. The average molecular weight is 321 g/mol. The zero-order chi connectivity index (χ0) is 14.0. The van der Waals surface area contributed by atoms with Crippen LogP contribution in [0.4, 0.5) is 5.69 Å². The summed E-state index contributed by atoms with van der Waals surface area (Å²) in [6.45, 7) is 6.82. The number of rotatable bonds is 3. The first-order chi connectivity index (χ1) is 9.01. The van der Waals surface area contributed by atoms with Gasteiger partial charge in [-0.25, -0.2) is 0 Å². The first kappa shape index (κ1) is 13.9. The van der Waals surface area contributed by atoms with Crippen molar-refractivity contribution in [3.63, 3.8) is 0 Å². The largest absolute Gasteiger partial charge is 0.343 e. The lowest BCUT2D eigenvalue weighted by molar-refractivity contribution is 0.101. The van der Waals surface area contributed by atoms with E-state index in [1.54, 1.807) is 0 Å². The van der Waals surface area contributed by atoms with Crippen LogP contribution < -0.4 is 5.32 Å². The molecule has 4 heteroatoms. The fourth-order valence-corrected chi connectivity index (χ4v) is 2.53. The van der Waals surface area contributed by atoms with Crippen LogP contribution >= 0.6 is 15.9 Å². The quantitative estimate of drug-likeness (QED) is 0.906. The number of aromatic nitrogens is 1. The Hall–Kier alpha value is -1.55. The molecule has 1 aromatic heterocycles. The first-order valence-electron chi connectivity index (χ1n) is 6.25. The van der Waals surface area contributed by atoms with Gasteiger partial charge in [0.1, 0.15) is 5.69 Å². The van der Waals surface area contributed by atoms with Gasteiger partial charge in [-0.3, -0.25) is 4.79 Å². The molecule has 1 heterocycles. The molecule has 0 saturated carbocycles. The molecule has 0 aliphatic carbocycles. The Kier molecular flexibility index (Phi) is 4.10. The number of aryl methyl sites for hydroxylation is 3. The van der Waals surface area contributed by atoms with E-state index in [4.69, 9.17) is 0 Å². The molecule has 0 unspecified atom stereocenters. The summed E-state index contributed by atoms with van der Waals surface area (Å²) in [6.07, 6.45) is 1.91. The van der Waals surface area contributed by atoms with Crippen LogP contribution in [0.15, 0.2) is 34.9 Å². The monoisotopic (exact) mass is 320 g/mol. The molecule has 1 aromatic carbocycles. The molecule has 100 valence electrons. The Morgan fingerprint density at radius 2 is 2.05 bits per heavy atom. The van der Waals surface area contributed by atoms with E-state index in [9.17, 15) is 4.79 Å². The molecule has 0 bridgehead atoms. The Bertz CT molecular complexity index is 617. The van der Waals surface area contributed by atoms with E-state index in [2.05, 4.69) is 27.3 Å². The zero-order valence-corrected chi connectivity index (χ0v) is 12.9. The van der Waals surface area contributed by atoms with Crippen LogP contribution in [0.2, 0.25) is 0 Å². The Morgan fingerprint density at radius 3 is 2.68 bits per heavy atom. The second-order valence-corrected chi connectivity index (χ2v) is 5.52. The summed E-state index contributed by atoms with van der Waals surface area (Å²) in [7, 11) is 0. The minimum absolute atomic E-state index is 0.0838. The van der Waals surface area contributed by atoms with Crippen LogP contribution in [0.25, 0.3) is 0 Å². The predicted octanol–water partition coefficient (Wildman–Crippen LogP) is 4.14. The summed E-state index contributed by atoms with van der Waals surface area (Å²) in [5.74, 6) is -0.0838. The molecule has 0 radical (unpaired) electrons. The SMILES string of the molecule is CCn1cc(Br)cc1C(=O)Nc1ccc(C)cc1C. The molecule has 0 aliphatic heterocycles. The molecule has 2 aromatic rings. The van der Waals surface area contributed by atoms with Gasteiger partial charge in [-0.05, 0) is 54.4 Å². The number of carbonyl (C=O) groups is 1. The summed E-state index contributed by atoms with van der Waals surface area (Å²) < 4.78 is 2.84. The summed E-state index contributed by atoms with van der Waals surface area (Å²) in [6, 6.07) is 7.83. The van der Waals surface area contributed by atoms with E-state index >= 15 is 0 Å². The minimum Gasteiger partial charge on any atom is -0.343 e. The van der Waals surface area contributed by atoms with Gasteiger partial charge in [-0.15, -0.1) is 0 Å². The number of hydrogen-bond donors (Lipinski definition) is 1. The molecule has 1 N–H and O–H groups in total. The van der Waals surface area contributed by atoms with Gasteiger partial charge in [0.25, 0.3) is 5.91 Å². The summed E-state index contributed by atoms with van der Waals surface area (Å²) in [4.78, 5) is 12.3. The smallest absolute Gasteiger partial charge is 0.272 e. The molecule has 0 fully saturated rings.